The highest BCUT2D eigenvalue weighted by molar-refractivity contribution is 7.89. The molecule has 2 aromatic rings. The van der Waals surface area contributed by atoms with Crippen LogP contribution in [0.5, 0.6) is 0 Å². The van der Waals surface area contributed by atoms with Gasteiger partial charge in [-0.25, -0.2) is 17.9 Å². The zero-order chi connectivity index (χ0) is 14.9. The molecule has 1 aromatic carbocycles. The zero-order valence-electron chi connectivity index (χ0n) is 10.4. The van der Waals surface area contributed by atoms with Crippen LogP contribution in [0.15, 0.2) is 39.8 Å². The highest BCUT2D eigenvalue weighted by Crippen LogP contribution is 2.22. The van der Waals surface area contributed by atoms with Gasteiger partial charge in [0.1, 0.15) is 22.7 Å². The molecular weight excluding hydrogens is 287 g/mol. The smallest absolute Gasteiger partial charge is 0.258 e. The molecule has 6 nitrogen and oxygen atoms in total. The predicted octanol–water partition coefficient (Wildman–Crippen LogP) is 1.63. The molecule has 1 aromatic heterocycles. The maximum atomic E-state index is 13.2. The summed E-state index contributed by atoms with van der Waals surface area (Å²) < 4.78 is 40.9. The Hall–Kier alpha value is -2.19. The fourth-order valence-corrected chi connectivity index (χ4v) is 2.28. The number of furan rings is 1. The first kappa shape index (κ1) is 14.2. The van der Waals surface area contributed by atoms with Crippen LogP contribution in [0.3, 0.4) is 0 Å². The number of benzene rings is 1. The van der Waals surface area contributed by atoms with Gasteiger partial charge in [0.05, 0.1) is 11.3 Å². The van der Waals surface area contributed by atoms with Crippen molar-refractivity contribution in [2.24, 2.45) is 5.14 Å². The minimum absolute atomic E-state index is 0.187. The van der Waals surface area contributed by atoms with Gasteiger partial charge < -0.3 is 9.73 Å². The summed E-state index contributed by atoms with van der Waals surface area (Å²) in [5.74, 6) is -0.811. The average molecular weight is 298 g/mol. The fraction of sp³-hybridized carbons (Fsp3) is 0.0833. The maximum Gasteiger partial charge on any atom is 0.258 e. The molecule has 0 atom stereocenters. The number of rotatable bonds is 3. The van der Waals surface area contributed by atoms with Crippen LogP contribution in [0.25, 0.3) is 0 Å². The highest BCUT2D eigenvalue weighted by atomic mass is 32.2. The van der Waals surface area contributed by atoms with Gasteiger partial charge in [0, 0.05) is 0 Å². The Labute approximate surface area is 114 Å². The van der Waals surface area contributed by atoms with Gasteiger partial charge in [-0.1, -0.05) is 0 Å². The van der Waals surface area contributed by atoms with Crippen molar-refractivity contribution < 1.29 is 22.0 Å². The van der Waals surface area contributed by atoms with Gasteiger partial charge in [-0.15, -0.1) is 0 Å². The molecule has 0 fully saturated rings. The number of hydrogen-bond donors (Lipinski definition) is 2. The third kappa shape index (κ3) is 3.03. The maximum absolute atomic E-state index is 13.2. The van der Waals surface area contributed by atoms with E-state index >= 15 is 0 Å². The number of sulfonamides is 1. The van der Waals surface area contributed by atoms with Gasteiger partial charge in [-0.05, 0) is 31.2 Å². The molecule has 1 heterocycles. The molecule has 2 rings (SSSR count). The van der Waals surface area contributed by atoms with Crippen molar-refractivity contribution in [1.29, 1.82) is 0 Å². The van der Waals surface area contributed by atoms with E-state index in [1.165, 1.54) is 12.3 Å². The number of primary sulfonamides is 1. The Morgan fingerprint density at radius 1 is 1.35 bits per heavy atom. The van der Waals surface area contributed by atoms with E-state index in [-0.39, 0.29) is 16.1 Å². The van der Waals surface area contributed by atoms with E-state index in [0.717, 1.165) is 18.2 Å². The third-order valence-corrected chi connectivity index (χ3v) is 3.46. The molecule has 8 heteroatoms. The molecule has 0 saturated carbocycles. The van der Waals surface area contributed by atoms with E-state index in [4.69, 9.17) is 9.56 Å². The summed E-state index contributed by atoms with van der Waals surface area (Å²) in [6.07, 6.45) is 1.21. The van der Waals surface area contributed by atoms with Gasteiger partial charge >= 0.3 is 0 Å². The van der Waals surface area contributed by atoms with Crippen molar-refractivity contribution in [3.63, 3.8) is 0 Å². The summed E-state index contributed by atoms with van der Waals surface area (Å²) in [6, 6.07) is 4.27. The number of amides is 1. The molecule has 20 heavy (non-hydrogen) atoms. The minimum atomic E-state index is -4.08. The summed E-state index contributed by atoms with van der Waals surface area (Å²) >= 11 is 0. The first-order valence-electron chi connectivity index (χ1n) is 5.46. The molecule has 0 aliphatic carbocycles. The van der Waals surface area contributed by atoms with Gasteiger partial charge in [-0.3, -0.25) is 4.79 Å². The van der Waals surface area contributed by atoms with Crippen LogP contribution in [0, 0.1) is 12.7 Å². The van der Waals surface area contributed by atoms with Crippen LogP contribution in [-0.4, -0.2) is 14.3 Å². The predicted molar refractivity (Wildman–Crippen MR) is 69.2 cm³/mol. The van der Waals surface area contributed by atoms with Crippen LogP contribution < -0.4 is 10.5 Å². The van der Waals surface area contributed by atoms with Crippen molar-refractivity contribution in [3.8, 4) is 0 Å². The summed E-state index contributed by atoms with van der Waals surface area (Å²) in [5.41, 5.74) is -0.0384. The van der Waals surface area contributed by atoms with E-state index in [0.29, 0.717) is 5.76 Å². The van der Waals surface area contributed by atoms with Crippen LogP contribution >= 0.6 is 0 Å². The Bertz CT molecular complexity index is 768. The lowest BCUT2D eigenvalue weighted by atomic mass is 10.2. The molecule has 3 N–H and O–H groups in total. The fourth-order valence-electron chi connectivity index (χ4n) is 1.60. The van der Waals surface area contributed by atoms with Crippen LogP contribution in [-0.2, 0) is 10.0 Å². The Balaban J connectivity index is 2.38. The van der Waals surface area contributed by atoms with Crippen molar-refractivity contribution in [3.05, 3.63) is 47.7 Å². The van der Waals surface area contributed by atoms with Gasteiger partial charge in [0.2, 0.25) is 10.0 Å². The second-order valence-electron chi connectivity index (χ2n) is 4.09. The molecule has 106 valence electrons. The lowest BCUT2D eigenvalue weighted by molar-refractivity contribution is 0.102. The molecule has 1 amide bonds. The summed E-state index contributed by atoms with van der Waals surface area (Å²) in [7, 11) is -4.08. The number of nitrogens with one attached hydrogen (secondary N) is 1. The topological polar surface area (TPSA) is 102 Å². The molecule has 0 saturated heterocycles. The summed E-state index contributed by atoms with van der Waals surface area (Å²) in [4.78, 5) is 11.5. The van der Waals surface area contributed by atoms with E-state index in [1.807, 2.05) is 0 Å². The number of carbonyl (C=O) groups excluding carboxylic acids is 1. The molecule has 0 radical (unpaired) electrons. The van der Waals surface area contributed by atoms with Crippen LogP contribution in [0.1, 0.15) is 16.1 Å². The Morgan fingerprint density at radius 3 is 2.60 bits per heavy atom. The van der Waals surface area contributed by atoms with Gasteiger partial charge in [0.25, 0.3) is 5.91 Å². The molecule has 0 unspecified atom stereocenters. The minimum Gasteiger partial charge on any atom is -0.469 e. The number of nitrogens with two attached hydrogens (primary N) is 1. The van der Waals surface area contributed by atoms with Crippen LogP contribution in [0.4, 0.5) is 10.1 Å². The number of halogens is 1. The largest absolute Gasteiger partial charge is 0.469 e. The van der Waals surface area contributed by atoms with Crippen LogP contribution in [0.2, 0.25) is 0 Å². The number of anilines is 1. The first-order valence-corrected chi connectivity index (χ1v) is 7.01. The normalized spacial score (nSPS) is 11.3. The van der Waals surface area contributed by atoms with E-state index in [2.05, 4.69) is 5.32 Å². The van der Waals surface area contributed by atoms with E-state index in [1.54, 1.807) is 6.92 Å². The SMILES string of the molecule is Cc1cc(C(=O)Nc2cc(F)ccc2S(N)(=O)=O)co1. The lowest BCUT2D eigenvalue weighted by Gasteiger charge is -2.08. The second-order valence-corrected chi connectivity index (χ2v) is 5.62. The standard InChI is InChI=1S/C12H11FN2O4S/c1-7-4-8(6-19-7)12(16)15-10-5-9(13)2-3-11(10)20(14,17)18/h2-6H,1H3,(H,15,16)(H2,14,17,18). The van der Waals surface area contributed by atoms with Crippen molar-refractivity contribution >= 4 is 21.6 Å². The number of carbonyl (C=O) groups is 1. The molecular formula is C12H11FN2O4S. The average Bonchev–Trinajstić information content (AvgIpc) is 2.74. The summed E-state index contributed by atoms with van der Waals surface area (Å²) in [5, 5.41) is 7.30. The highest BCUT2D eigenvalue weighted by Gasteiger charge is 2.18. The van der Waals surface area contributed by atoms with E-state index < -0.39 is 21.7 Å². The van der Waals surface area contributed by atoms with Crippen molar-refractivity contribution in [2.45, 2.75) is 11.8 Å². The number of hydrogen-bond acceptors (Lipinski definition) is 4. The second kappa shape index (κ2) is 5.06. The van der Waals surface area contributed by atoms with E-state index in [9.17, 15) is 17.6 Å². The zero-order valence-corrected chi connectivity index (χ0v) is 11.2. The van der Waals surface area contributed by atoms with Crippen molar-refractivity contribution in [2.75, 3.05) is 5.32 Å². The lowest BCUT2D eigenvalue weighted by Crippen LogP contribution is -2.18. The molecule has 0 aliphatic heterocycles. The first-order chi connectivity index (χ1) is 9.27. The molecule has 0 aliphatic rings. The molecule has 0 bridgehead atoms. The quantitative estimate of drug-likeness (QED) is 0.898. The Kier molecular flexibility index (Phi) is 3.60. The summed E-state index contributed by atoms with van der Waals surface area (Å²) in [6.45, 7) is 1.65. The monoisotopic (exact) mass is 298 g/mol. The number of aryl methyl sites for hydroxylation is 1. The van der Waals surface area contributed by atoms with Gasteiger partial charge in [-0.2, -0.15) is 0 Å². The third-order valence-electron chi connectivity index (χ3n) is 2.49. The Morgan fingerprint density at radius 2 is 2.05 bits per heavy atom. The van der Waals surface area contributed by atoms with Crippen molar-refractivity contribution in [1.82, 2.24) is 0 Å². The van der Waals surface area contributed by atoms with Gasteiger partial charge in [0.15, 0.2) is 0 Å². The molecule has 0 spiro atoms.